The fourth-order valence-electron chi connectivity index (χ4n) is 1.36. The molecule has 21 heavy (non-hydrogen) atoms. The first-order valence-corrected chi connectivity index (χ1v) is 7.57. The van der Waals surface area contributed by atoms with Crippen LogP contribution in [0.25, 0.3) is 0 Å². The predicted octanol–water partition coefficient (Wildman–Crippen LogP) is 3.07. The minimum absolute atomic E-state index is 0.141. The van der Waals surface area contributed by atoms with Crippen LogP contribution in [0.2, 0.25) is 5.02 Å². The average Bonchev–Trinajstić information content (AvgIpc) is 2.95. The Morgan fingerprint density at radius 2 is 2.10 bits per heavy atom. The molecule has 0 saturated heterocycles. The monoisotopic (exact) mass is 328 g/mol. The highest BCUT2D eigenvalue weighted by molar-refractivity contribution is 7.99. The van der Waals surface area contributed by atoms with Crippen molar-refractivity contribution in [1.82, 2.24) is 10.2 Å². The lowest BCUT2D eigenvalue weighted by Crippen LogP contribution is -2.04. The van der Waals surface area contributed by atoms with Gasteiger partial charge in [-0.05, 0) is 31.2 Å². The minimum Gasteiger partial charge on any atom is -0.493 e. The molecule has 2 rings (SSSR count). The van der Waals surface area contributed by atoms with Crippen molar-refractivity contribution in [1.29, 1.82) is 0 Å². The maximum Gasteiger partial charge on any atom is 0.396 e. The molecule has 1 aromatic heterocycles. The molecule has 0 radical (unpaired) electrons. The van der Waals surface area contributed by atoms with E-state index in [0.717, 1.165) is 5.75 Å². The second-order valence-electron chi connectivity index (χ2n) is 3.74. The van der Waals surface area contributed by atoms with E-state index >= 15 is 0 Å². The van der Waals surface area contributed by atoms with Crippen molar-refractivity contribution in [3.05, 3.63) is 35.2 Å². The fraction of sp³-hybridized carbons (Fsp3) is 0.308. The Morgan fingerprint density at radius 3 is 2.81 bits per heavy atom. The number of thioether (sulfide) groups is 1. The summed E-state index contributed by atoms with van der Waals surface area (Å²) in [5, 5.41) is 8.33. The first-order valence-electron chi connectivity index (χ1n) is 6.21. The summed E-state index contributed by atoms with van der Waals surface area (Å²) in [5.74, 6) is 0.581. The molecular weight excluding hydrogens is 316 g/mol. The van der Waals surface area contributed by atoms with Crippen molar-refractivity contribution in [2.45, 2.75) is 12.1 Å². The van der Waals surface area contributed by atoms with Crippen LogP contribution in [-0.2, 0) is 4.74 Å². The number of hydrogen-bond donors (Lipinski definition) is 0. The fourth-order valence-corrected chi connectivity index (χ4v) is 2.07. The molecule has 0 spiro atoms. The molecule has 0 bridgehead atoms. The number of ether oxygens (including phenoxy) is 2. The second-order valence-corrected chi connectivity index (χ2v) is 5.23. The van der Waals surface area contributed by atoms with E-state index < -0.39 is 5.97 Å². The predicted molar refractivity (Wildman–Crippen MR) is 77.9 cm³/mol. The lowest BCUT2D eigenvalue weighted by molar-refractivity contribution is 0.0475. The topological polar surface area (TPSA) is 74.5 Å². The Morgan fingerprint density at radius 1 is 1.33 bits per heavy atom. The maximum atomic E-state index is 11.3. The van der Waals surface area contributed by atoms with E-state index in [2.05, 4.69) is 10.2 Å². The Bertz CT molecular complexity index is 588. The largest absolute Gasteiger partial charge is 0.493 e. The molecular formula is C13H13ClN2O4S. The Labute approximate surface area is 130 Å². The number of carbonyl (C=O) groups is 1. The molecule has 1 aromatic carbocycles. The highest BCUT2D eigenvalue weighted by Gasteiger charge is 2.15. The van der Waals surface area contributed by atoms with Crippen LogP contribution in [0, 0.1) is 0 Å². The van der Waals surface area contributed by atoms with Gasteiger partial charge in [0, 0.05) is 10.8 Å². The van der Waals surface area contributed by atoms with Crippen molar-refractivity contribution in [3.8, 4) is 5.75 Å². The normalized spacial score (nSPS) is 10.4. The molecule has 112 valence electrons. The van der Waals surface area contributed by atoms with Gasteiger partial charge in [-0.1, -0.05) is 28.5 Å². The molecule has 0 aliphatic heterocycles. The van der Waals surface area contributed by atoms with Crippen molar-refractivity contribution < 1.29 is 18.7 Å². The Hall–Kier alpha value is -1.73. The van der Waals surface area contributed by atoms with Crippen molar-refractivity contribution in [3.63, 3.8) is 0 Å². The first-order chi connectivity index (χ1) is 10.2. The quantitative estimate of drug-likeness (QED) is 0.439. The van der Waals surface area contributed by atoms with Crippen LogP contribution in [0.4, 0.5) is 0 Å². The standard InChI is InChI=1S/C13H13ClN2O4S/c1-2-18-12(17)11-15-16-13(20-11)21-8-7-19-10-5-3-9(14)4-6-10/h3-6H,2,7-8H2,1H3. The number of benzene rings is 1. The van der Waals surface area contributed by atoms with Crippen LogP contribution in [0.1, 0.15) is 17.6 Å². The summed E-state index contributed by atoms with van der Waals surface area (Å²) in [5.41, 5.74) is 0. The Kier molecular flexibility index (Phi) is 5.89. The third-order valence-corrected chi connectivity index (χ3v) is 3.28. The van der Waals surface area contributed by atoms with Crippen molar-refractivity contribution >= 4 is 29.3 Å². The Balaban J connectivity index is 1.73. The average molecular weight is 329 g/mol. The van der Waals surface area contributed by atoms with Crippen LogP contribution in [0.5, 0.6) is 5.75 Å². The van der Waals surface area contributed by atoms with Crippen LogP contribution >= 0.6 is 23.4 Å². The van der Waals surface area contributed by atoms with Gasteiger partial charge in [-0.15, -0.1) is 5.10 Å². The molecule has 0 aliphatic rings. The van der Waals surface area contributed by atoms with Gasteiger partial charge in [-0.3, -0.25) is 0 Å². The van der Waals surface area contributed by atoms with E-state index in [-0.39, 0.29) is 12.5 Å². The highest BCUT2D eigenvalue weighted by atomic mass is 35.5. The second kappa shape index (κ2) is 7.90. The number of aromatic nitrogens is 2. The molecule has 0 fully saturated rings. The zero-order valence-corrected chi connectivity index (χ0v) is 12.8. The zero-order valence-electron chi connectivity index (χ0n) is 11.2. The molecule has 0 amide bonds. The van der Waals surface area contributed by atoms with Gasteiger partial charge in [0.25, 0.3) is 5.22 Å². The van der Waals surface area contributed by atoms with Crippen LogP contribution < -0.4 is 4.74 Å². The molecule has 0 N–H and O–H groups in total. The van der Waals surface area contributed by atoms with E-state index in [4.69, 9.17) is 25.5 Å². The first kappa shape index (κ1) is 15.7. The van der Waals surface area contributed by atoms with Gasteiger partial charge >= 0.3 is 11.9 Å². The molecule has 2 aromatic rings. The van der Waals surface area contributed by atoms with Gasteiger partial charge in [-0.2, -0.15) is 0 Å². The van der Waals surface area contributed by atoms with Crippen molar-refractivity contribution in [2.24, 2.45) is 0 Å². The number of halogens is 1. The molecule has 0 atom stereocenters. The van der Waals surface area contributed by atoms with Gasteiger partial charge in [-0.25, -0.2) is 4.79 Å². The summed E-state index contributed by atoms with van der Waals surface area (Å²) < 4.78 is 15.4. The summed E-state index contributed by atoms with van der Waals surface area (Å²) >= 11 is 7.08. The maximum absolute atomic E-state index is 11.3. The van der Waals surface area contributed by atoms with Gasteiger partial charge in [0.1, 0.15) is 5.75 Å². The van der Waals surface area contributed by atoms with Gasteiger partial charge in [0.05, 0.1) is 13.2 Å². The lowest BCUT2D eigenvalue weighted by atomic mass is 10.3. The summed E-state index contributed by atoms with van der Waals surface area (Å²) in [6.07, 6.45) is 0. The number of esters is 1. The van der Waals surface area contributed by atoms with E-state index in [1.165, 1.54) is 11.8 Å². The zero-order chi connectivity index (χ0) is 15.1. The van der Waals surface area contributed by atoms with E-state index in [9.17, 15) is 4.79 Å². The molecule has 6 nitrogen and oxygen atoms in total. The van der Waals surface area contributed by atoms with E-state index in [1.54, 1.807) is 31.2 Å². The van der Waals surface area contributed by atoms with Crippen LogP contribution in [-0.4, -0.2) is 35.1 Å². The van der Waals surface area contributed by atoms with Gasteiger partial charge in [0.15, 0.2) is 0 Å². The molecule has 0 unspecified atom stereocenters. The molecule has 0 saturated carbocycles. The molecule has 8 heteroatoms. The van der Waals surface area contributed by atoms with Crippen molar-refractivity contribution in [2.75, 3.05) is 19.0 Å². The van der Waals surface area contributed by atoms with Gasteiger partial charge < -0.3 is 13.9 Å². The summed E-state index contributed by atoms with van der Waals surface area (Å²) in [4.78, 5) is 11.3. The van der Waals surface area contributed by atoms with Crippen LogP contribution in [0.15, 0.2) is 33.9 Å². The SMILES string of the molecule is CCOC(=O)c1nnc(SCCOc2ccc(Cl)cc2)o1. The smallest absolute Gasteiger partial charge is 0.396 e. The minimum atomic E-state index is -0.616. The third-order valence-electron chi connectivity index (χ3n) is 2.25. The third kappa shape index (κ3) is 4.95. The highest BCUT2D eigenvalue weighted by Crippen LogP contribution is 2.18. The number of hydrogen-bond acceptors (Lipinski definition) is 7. The molecule has 0 aliphatic carbocycles. The number of rotatable bonds is 7. The summed E-state index contributed by atoms with van der Waals surface area (Å²) in [6, 6.07) is 7.10. The summed E-state index contributed by atoms with van der Waals surface area (Å²) in [6.45, 7) is 2.43. The van der Waals surface area contributed by atoms with Gasteiger partial charge in [0.2, 0.25) is 0 Å². The van der Waals surface area contributed by atoms with E-state index in [0.29, 0.717) is 22.6 Å². The lowest BCUT2D eigenvalue weighted by Gasteiger charge is -2.04. The van der Waals surface area contributed by atoms with E-state index in [1.807, 2.05) is 0 Å². The number of nitrogens with zero attached hydrogens (tertiary/aromatic N) is 2. The molecule has 1 heterocycles. The van der Waals surface area contributed by atoms with Crippen LogP contribution in [0.3, 0.4) is 0 Å². The number of carbonyl (C=O) groups excluding carboxylic acids is 1. The summed E-state index contributed by atoms with van der Waals surface area (Å²) in [7, 11) is 0.